The lowest BCUT2D eigenvalue weighted by Crippen LogP contribution is -2.48. The van der Waals surface area contributed by atoms with Crippen LogP contribution in [0.5, 0.6) is 0 Å². The quantitative estimate of drug-likeness (QED) is 0.904. The van der Waals surface area contributed by atoms with Crippen LogP contribution < -0.4 is 5.73 Å². The Balaban J connectivity index is 1.84. The van der Waals surface area contributed by atoms with Crippen LogP contribution >= 0.6 is 0 Å². The van der Waals surface area contributed by atoms with E-state index < -0.39 is 11.9 Å². The number of hydrogen-bond acceptors (Lipinski definition) is 3. The second-order valence-corrected chi connectivity index (χ2v) is 6.33. The first-order chi connectivity index (χ1) is 11.8. The second kappa shape index (κ2) is 6.51. The lowest BCUT2D eigenvalue weighted by molar-refractivity contribution is -0.141. The van der Waals surface area contributed by atoms with Crippen LogP contribution in [0.3, 0.4) is 0 Å². The highest BCUT2D eigenvalue weighted by atomic mass is 19.4. The Morgan fingerprint density at radius 2 is 2.08 bits per heavy atom. The standard InChI is InChI=1S/C17H19F3N4O/c1-11-9-13(21)5-7-23(11)16(25)12-3-2-4-14(10-12)24-8-6-15(22-24)17(18,19)20/h2-4,6,8,10-11,13H,5,7,9,21H2,1H3/t11-,13+/m0/s1. The van der Waals surface area contributed by atoms with E-state index in [0.717, 1.165) is 23.6 Å². The number of likely N-dealkylation sites (tertiary alicyclic amines) is 1. The summed E-state index contributed by atoms with van der Waals surface area (Å²) < 4.78 is 39.2. The van der Waals surface area contributed by atoms with E-state index in [-0.39, 0.29) is 18.0 Å². The van der Waals surface area contributed by atoms with Crippen molar-refractivity contribution in [2.45, 2.75) is 38.0 Å². The summed E-state index contributed by atoms with van der Waals surface area (Å²) in [7, 11) is 0. The lowest BCUT2D eigenvalue weighted by atomic mass is 9.98. The topological polar surface area (TPSA) is 64.2 Å². The minimum atomic E-state index is -4.50. The zero-order valence-corrected chi connectivity index (χ0v) is 13.7. The van der Waals surface area contributed by atoms with Gasteiger partial charge in [-0.2, -0.15) is 18.3 Å². The van der Waals surface area contributed by atoms with E-state index in [1.807, 2.05) is 6.92 Å². The van der Waals surface area contributed by atoms with E-state index >= 15 is 0 Å². The summed E-state index contributed by atoms with van der Waals surface area (Å²) in [4.78, 5) is 14.5. The molecule has 1 amide bonds. The summed E-state index contributed by atoms with van der Waals surface area (Å²) >= 11 is 0. The fourth-order valence-electron chi connectivity index (χ4n) is 3.08. The van der Waals surface area contributed by atoms with Gasteiger partial charge < -0.3 is 10.6 Å². The highest BCUT2D eigenvalue weighted by Gasteiger charge is 2.33. The maximum Gasteiger partial charge on any atom is 0.435 e. The highest BCUT2D eigenvalue weighted by Crippen LogP contribution is 2.28. The number of rotatable bonds is 2. The molecule has 25 heavy (non-hydrogen) atoms. The van der Waals surface area contributed by atoms with Crippen LogP contribution in [0.15, 0.2) is 36.5 Å². The van der Waals surface area contributed by atoms with Crippen molar-refractivity contribution in [2.24, 2.45) is 5.73 Å². The van der Waals surface area contributed by atoms with Gasteiger partial charge in [0.25, 0.3) is 5.91 Å². The second-order valence-electron chi connectivity index (χ2n) is 6.33. The SMILES string of the molecule is C[C@H]1C[C@H](N)CCN1C(=O)c1cccc(-n2ccc(C(F)(F)F)n2)c1. The molecule has 1 aromatic carbocycles. The fourth-order valence-corrected chi connectivity index (χ4v) is 3.08. The van der Waals surface area contributed by atoms with Crippen molar-refractivity contribution in [1.82, 2.24) is 14.7 Å². The molecule has 2 N–H and O–H groups in total. The number of amides is 1. The molecule has 1 aliphatic heterocycles. The predicted octanol–water partition coefficient (Wildman–Crippen LogP) is 2.84. The number of aromatic nitrogens is 2. The molecule has 0 spiro atoms. The summed E-state index contributed by atoms with van der Waals surface area (Å²) in [6.45, 7) is 2.52. The fraction of sp³-hybridized carbons (Fsp3) is 0.412. The van der Waals surface area contributed by atoms with Gasteiger partial charge in [-0.1, -0.05) is 6.07 Å². The molecule has 0 aliphatic carbocycles. The molecule has 3 rings (SSSR count). The van der Waals surface area contributed by atoms with Crippen molar-refractivity contribution in [3.63, 3.8) is 0 Å². The number of hydrogen-bond donors (Lipinski definition) is 1. The minimum absolute atomic E-state index is 0.0291. The molecule has 0 bridgehead atoms. The molecule has 8 heteroatoms. The maximum atomic E-state index is 12.7. The third kappa shape index (κ3) is 3.68. The van der Waals surface area contributed by atoms with Crippen molar-refractivity contribution in [3.8, 4) is 5.69 Å². The summed E-state index contributed by atoms with van der Waals surface area (Å²) in [6, 6.07) is 7.48. The average Bonchev–Trinajstić information content (AvgIpc) is 3.05. The lowest BCUT2D eigenvalue weighted by Gasteiger charge is -2.36. The highest BCUT2D eigenvalue weighted by molar-refractivity contribution is 5.95. The molecule has 1 saturated heterocycles. The number of piperidine rings is 1. The zero-order chi connectivity index (χ0) is 18.2. The molecule has 0 radical (unpaired) electrons. The molecule has 134 valence electrons. The van der Waals surface area contributed by atoms with Gasteiger partial charge in [-0.15, -0.1) is 0 Å². The number of benzene rings is 1. The Kier molecular flexibility index (Phi) is 4.55. The Labute approximate surface area is 143 Å². The monoisotopic (exact) mass is 352 g/mol. The van der Waals surface area contributed by atoms with Crippen LogP contribution in [-0.4, -0.2) is 39.2 Å². The Morgan fingerprint density at radius 1 is 1.32 bits per heavy atom. The van der Waals surface area contributed by atoms with Crippen molar-refractivity contribution in [3.05, 3.63) is 47.8 Å². The van der Waals surface area contributed by atoms with E-state index in [9.17, 15) is 18.0 Å². The Bertz CT molecular complexity index is 771. The van der Waals surface area contributed by atoms with Gasteiger partial charge in [-0.05, 0) is 44.0 Å². The van der Waals surface area contributed by atoms with Gasteiger partial charge in [-0.25, -0.2) is 4.68 Å². The van der Waals surface area contributed by atoms with Gasteiger partial charge >= 0.3 is 6.18 Å². The van der Waals surface area contributed by atoms with Crippen LogP contribution in [-0.2, 0) is 6.18 Å². The van der Waals surface area contributed by atoms with Crippen molar-refractivity contribution >= 4 is 5.91 Å². The number of alkyl halides is 3. The zero-order valence-electron chi connectivity index (χ0n) is 13.7. The summed E-state index contributed by atoms with van der Waals surface area (Å²) in [5, 5.41) is 3.54. The third-order valence-corrected chi connectivity index (χ3v) is 4.41. The first-order valence-corrected chi connectivity index (χ1v) is 8.05. The number of carbonyl (C=O) groups is 1. The van der Waals surface area contributed by atoms with Gasteiger partial charge in [0.2, 0.25) is 0 Å². The van der Waals surface area contributed by atoms with Crippen LogP contribution in [0.2, 0.25) is 0 Å². The molecule has 1 aromatic heterocycles. The molecular weight excluding hydrogens is 333 g/mol. The first-order valence-electron chi connectivity index (χ1n) is 8.05. The number of carbonyl (C=O) groups excluding carboxylic acids is 1. The molecule has 0 unspecified atom stereocenters. The van der Waals surface area contributed by atoms with Crippen molar-refractivity contribution < 1.29 is 18.0 Å². The molecule has 0 saturated carbocycles. The van der Waals surface area contributed by atoms with Gasteiger partial charge in [-0.3, -0.25) is 4.79 Å². The molecule has 1 fully saturated rings. The largest absolute Gasteiger partial charge is 0.435 e. The summed E-state index contributed by atoms with van der Waals surface area (Å²) in [5.41, 5.74) is 5.78. The molecule has 5 nitrogen and oxygen atoms in total. The maximum absolute atomic E-state index is 12.7. The number of nitrogens with two attached hydrogens (primary N) is 1. The molecule has 2 aromatic rings. The predicted molar refractivity (Wildman–Crippen MR) is 86.3 cm³/mol. The van der Waals surface area contributed by atoms with E-state index in [1.165, 1.54) is 6.20 Å². The van der Waals surface area contributed by atoms with Crippen LogP contribution in [0.25, 0.3) is 5.69 Å². The van der Waals surface area contributed by atoms with Gasteiger partial charge in [0, 0.05) is 30.4 Å². The Hall–Kier alpha value is -2.35. The average molecular weight is 352 g/mol. The number of nitrogens with zero attached hydrogens (tertiary/aromatic N) is 3. The van der Waals surface area contributed by atoms with Crippen molar-refractivity contribution in [1.29, 1.82) is 0 Å². The molecule has 2 atom stereocenters. The van der Waals surface area contributed by atoms with Crippen molar-refractivity contribution in [2.75, 3.05) is 6.54 Å². The van der Waals surface area contributed by atoms with Gasteiger partial charge in [0.05, 0.1) is 5.69 Å². The Morgan fingerprint density at radius 3 is 2.72 bits per heavy atom. The third-order valence-electron chi connectivity index (χ3n) is 4.41. The van der Waals surface area contributed by atoms with Crippen LogP contribution in [0, 0.1) is 0 Å². The molecule has 2 heterocycles. The van der Waals surface area contributed by atoms with E-state index in [1.54, 1.807) is 29.2 Å². The molecule has 1 aliphatic rings. The first kappa shape index (κ1) is 17.5. The number of halogens is 3. The normalized spacial score (nSPS) is 21.4. The van der Waals surface area contributed by atoms with E-state index in [2.05, 4.69) is 5.10 Å². The molecular formula is C17H19F3N4O. The summed E-state index contributed by atoms with van der Waals surface area (Å²) in [5.74, 6) is -0.149. The van der Waals surface area contributed by atoms with Gasteiger partial charge in [0.1, 0.15) is 0 Å². The van der Waals surface area contributed by atoms with E-state index in [4.69, 9.17) is 5.73 Å². The van der Waals surface area contributed by atoms with E-state index in [0.29, 0.717) is 17.8 Å². The minimum Gasteiger partial charge on any atom is -0.336 e. The summed E-state index contributed by atoms with van der Waals surface area (Å²) in [6.07, 6.45) is -1.79. The van der Waals surface area contributed by atoms with Crippen LogP contribution in [0.4, 0.5) is 13.2 Å². The smallest absolute Gasteiger partial charge is 0.336 e. The van der Waals surface area contributed by atoms with Gasteiger partial charge in [0.15, 0.2) is 5.69 Å². The van der Waals surface area contributed by atoms with Crippen LogP contribution in [0.1, 0.15) is 35.8 Å².